The monoisotopic (exact) mass is 156 g/mol. The van der Waals surface area contributed by atoms with Gasteiger partial charge in [-0.1, -0.05) is 12.2 Å². The summed E-state index contributed by atoms with van der Waals surface area (Å²) in [5, 5.41) is 6.53. The van der Waals surface area contributed by atoms with E-state index in [1.54, 1.807) is 0 Å². The van der Waals surface area contributed by atoms with Gasteiger partial charge < -0.3 is 11.5 Å². The van der Waals surface area contributed by atoms with E-state index < -0.39 is 0 Å². The third kappa shape index (κ3) is 4.92. The van der Waals surface area contributed by atoms with Gasteiger partial charge in [-0.25, -0.2) is 4.99 Å². The summed E-state index contributed by atoms with van der Waals surface area (Å²) < 4.78 is 0. The number of hydrogen-bond donors (Lipinski definition) is 3. The summed E-state index contributed by atoms with van der Waals surface area (Å²) in [6.07, 6.45) is 3.73. The zero-order chi connectivity index (χ0) is 7.98. The molecule has 0 fully saturated rings. The molecular weight excluding hydrogens is 148 g/mol. The van der Waals surface area contributed by atoms with Crippen molar-refractivity contribution >= 4 is 29.4 Å². The predicted octanol–water partition coefficient (Wildman–Crippen LogP) is -0.207. The maximum Gasteiger partial charge on any atom is 0.125 e. The Bertz CT molecular complexity index is 194. The fraction of sp³-hybridized carbons (Fsp3) is 0. The molecule has 0 saturated carbocycles. The fourth-order valence-corrected chi connectivity index (χ4v) is 0.353. The van der Waals surface area contributed by atoms with Crippen molar-refractivity contribution in [2.24, 2.45) is 16.5 Å². The second kappa shape index (κ2) is 4.63. The van der Waals surface area contributed by atoms with Crippen molar-refractivity contribution in [2.45, 2.75) is 0 Å². The van der Waals surface area contributed by atoms with Crippen molar-refractivity contribution in [3.8, 4) is 0 Å². The minimum Gasteiger partial charge on any atom is -0.390 e. The van der Waals surface area contributed by atoms with Gasteiger partial charge in [0.05, 0.1) is 4.99 Å². The first-order valence-electron chi connectivity index (χ1n) is 2.46. The predicted molar refractivity (Wildman–Crippen MR) is 46.3 cm³/mol. The second-order valence-corrected chi connectivity index (χ2v) is 1.89. The number of rotatable bonds is 3. The van der Waals surface area contributed by atoms with E-state index in [-0.39, 0.29) is 10.8 Å². The largest absolute Gasteiger partial charge is 0.390 e. The fourth-order valence-electron chi connectivity index (χ4n) is 0.285. The Kier molecular flexibility index (Phi) is 4.06. The molecule has 0 heterocycles. The third-order valence-corrected chi connectivity index (χ3v) is 0.768. The minimum atomic E-state index is 0.211. The van der Waals surface area contributed by atoms with E-state index >= 15 is 0 Å². The average molecular weight is 156 g/mol. The van der Waals surface area contributed by atoms with Crippen LogP contribution in [0, 0.1) is 5.41 Å². The third-order valence-electron chi connectivity index (χ3n) is 0.632. The SMILES string of the molecule is N=CN=C(N)/C=C\C(N)=S. The van der Waals surface area contributed by atoms with Crippen molar-refractivity contribution in [3.05, 3.63) is 12.2 Å². The smallest absolute Gasteiger partial charge is 0.125 e. The highest BCUT2D eigenvalue weighted by Crippen LogP contribution is 1.74. The number of thiocarbonyl (C=S) groups is 1. The van der Waals surface area contributed by atoms with Crippen LogP contribution in [0.4, 0.5) is 0 Å². The molecule has 0 radical (unpaired) electrons. The summed E-state index contributed by atoms with van der Waals surface area (Å²) >= 11 is 4.52. The van der Waals surface area contributed by atoms with Gasteiger partial charge in [0.2, 0.25) is 0 Å². The molecule has 5 N–H and O–H groups in total. The average Bonchev–Trinajstić information content (AvgIpc) is 1.85. The molecule has 0 aliphatic rings. The van der Waals surface area contributed by atoms with Crippen LogP contribution in [0.5, 0.6) is 0 Å². The molecule has 54 valence electrons. The van der Waals surface area contributed by atoms with Crippen LogP contribution in [-0.4, -0.2) is 17.2 Å². The van der Waals surface area contributed by atoms with Crippen LogP contribution in [0.2, 0.25) is 0 Å². The van der Waals surface area contributed by atoms with E-state index in [4.69, 9.17) is 16.9 Å². The molecule has 0 aliphatic heterocycles. The topological polar surface area (TPSA) is 88.2 Å². The molecule has 0 aromatic rings. The Morgan fingerprint density at radius 1 is 1.40 bits per heavy atom. The lowest BCUT2D eigenvalue weighted by molar-refractivity contribution is 1.50. The molecule has 0 unspecified atom stereocenters. The zero-order valence-electron chi connectivity index (χ0n) is 5.24. The van der Waals surface area contributed by atoms with Crippen LogP contribution in [0.1, 0.15) is 0 Å². The standard InChI is InChI=1S/C5H8N4S/c6-3-9-4(7)1-2-5(8)10/h1-3H,(H2,8,10)(H3,6,7,9)/b2-1-. The van der Waals surface area contributed by atoms with Crippen molar-refractivity contribution < 1.29 is 0 Å². The summed E-state index contributed by atoms with van der Waals surface area (Å²) in [5.41, 5.74) is 10.3. The molecule has 5 heteroatoms. The van der Waals surface area contributed by atoms with Gasteiger partial charge in [0.25, 0.3) is 0 Å². The highest BCUT2D eigenvalue weighted by molar-refractivity contribution is 7.80. The maximum absolute atomic E-state index is 6.53. The van der Waals surface area contributed by atoms with Crippen molar-refractivity contribution in [1.29, 1.82) is 5.41 Å². The molecular formula is C5H8N4S. The first kappa shape index (κ1) is 8.77. The molecule has 10 heavy (non-hydrogen) atoms. The number of nitrogens with one attached hydrogen (secondary N) is 1. The van der Waals surface area contributed by atoms with Gasteiger partial charge in [-0.3, -0.25) is 5.41 Å². The summed E-state index contributed by atoms with van der Waals surface area (Å²) in [6.45, 7) is 0. The molecule has 4 nitrogen and oxygen atoms in total. The Labute approximate surface area is 64.1 Å². The normalized spacial score (nSPS) is 11.8. The Hall–Kier alpha value is -1.23. The summed E-state index contributed by atoms with van der Waals surface area (Å²) in [5.74, 6) is 0.211. The van der Waals surface area contributed by atoms with E-state index in [2.05, 4.69) is 17.2 Å². The quantitative estimate of drug-likeness (QED) is 0.229. The van der Waals surface area contributed by atoms with Crippen molar-refractivity contribution in [2.75, 3.05) is 0 Å². The highest BCUT2D eigenvalue weighted by Gasteiger charge is 1.80. The number of nitrogens with zero attached hydrogens (tertiary/aromatic N) is 1. The van der Waals surface area contributed by atoms with Crippen molar-refractivity contribution in [1.82, 2.24) is 0 Å². The van der Waals surface area contributed by atoms with E-state index in [9.17, 15) is 0 Å². The van der Waals surface area contributed by atoms with E-state index in [0.29, 0.717) is 0 Å². The lowest BCUT2D eigenvalue weighted by atomic mass is 10.5. The van der Waals surface area contributed by atoms with Gasteiger partial charge in [0.1, 0.15) is 12.2 Å². The lowest BCUT2D eigenvalue weighted by Gasteiger charge is -1.85. The molecule has 0 rings (SSSR count). The lowest BCUT2D eigenvalue weighted by Crippen LogP contribution is -2.10. The zero-order valence-corrected chi connectivity index (χ0v) is 6.06. The Morgan fingerprint density at radius 2 is 2.00 bits per heavy atom. The molecule has 0 atom stereocenters. The van der Waals surface area contributed by atoms with Crippen LogP contribution < -0.4 is 11.5 Å². The van der Waals surface area contributed by atoms with Gasteiger partial charge in [-0.05, 0) is 12.2 Å². The Balaban J connectivity index is 4.01. The maximum atomic E-state index is 6.53. The molecule has 0 aromatic heterocycles. The number of amidine groups is 1. The van der Waals surface area contributed by atoms with Crippen LogP contribution in [0.15, 0.2) is 17.1 Å². The van der Waals surface area contributed by atoms with Crippen LogP contribution in [0.3, 0.4) is 0 Å². The van der Waals surface area contributed by atoms with Gasteiger partial charge in [0.15, 0.2) is 0 Å². The minimum absolute atomic E-state index is 0.211. The first-order chi connectivity index (χ1) is 4.66. The summed E-state index contributed by atoms with van der Waals surface area (Å²) in [7, 11) is 0. The van der Waals surface area contributed by atoms with Crippen LogP contribution >= 0.6 is 12.2 Å². The van der Waals surface area contributed by atoms with E-state index in [1.807, 2.05) is 0 Å². The van der Waals surface area contributed by atoms with Gasteiger partial charge in [0, 0.05) is 0 Å². The van der Waals surface area contributed by atoms with E-state index in [1.165, 1.54) is 12.2 Å². The molecule has 0 amide bonds. The van der Waals surface area contributed by atoms with Gasteiger partial charge in [-0.15, -0.1) is 0 Å². The first-order valence-corrected chi connectivity index (χ1v) is 2.87. The molecule has 0 aliphatic carbocycles. The number of hydrogen-bond acceptors (Lipinski definition) is 2. The molecule has 0 saturated heterocycles. The summed E-state index contributed by atoms with van der Waals surface area (Å²) in [4.78, 5) is 3.67. The highest BCUT2D eigenvalue weighted by atomic mass is 32.1. The summed E-state index contributed by atoms with van der Waals surface area (Å²) in [6, 6.07) is 0. The number of aliphatic imine (C=N–C) groups is 1. The second-order valence-electron chi connectivity index (χ2n) is 1.42. The molecule has 0 bridgehead atoms. The molecule has 0 spiro atoms. The molecule has 0 aromatic carbocycles. The van der Waals surface area contributed by atoms with Crippen LogP contribution in [-0.2, 0) is 0 Å². The van der Waals surface area contributed by atoms with E-state index in [0.717, 1.165) is 6.34 Å². The van der Waals surface area contributed by atoms with Crippen LogP contribution in [0.25, 0.3) is 0 Å². The van der Waals surface area contributed by atoms with Gasteiger partial charge >= 0.3 is 0 Å². The van der Waals surface area contributed by atoms with Gasteiger partial charge in [-0.2, -0.15) is 0 Å². The Morgan fingerprint density at radius 3 is 2.40 bits per heavy atom. The van der Waals surface area contributed by atoms with Crippen molar-refractivity contribution in [3.63, 3.8) is 0 Å². The number of nitrogens with two attached hydrogens (primary N) is 2.